The molecule has 162 valence electrons. The monoisotopic (exact) mass is 487 g/mol. The van der Waals surface area contributed by atoms with Crippen molar-refractivity contribution in [3.05, 3.63) is 32.5 Å². The molecular formula is C19H22ClN3O4S3. The van der Waals surface area contributed by atoms with E-state index in [-0.39, 0.29) is 16.7 Å². The third kappa shape index (κ3) is 4.16. The van der Waals surface area contributed by atoms with Crippen LogP contribution in [0, 0.1) is 5.92 Å². The number of fused-ring (bicyclic) bond motifs is 1. The number of rotatable bonds is 5. The number of anilines is 1. The zero-order valence-electron chi connectivity index (χ0n) is 16.1. The van der Waals surface area contributed by atoms with Gasteiger partial charge in [0.15, 0.2) is 0 Å². The minimum absolute atomic E-state index is 0.0979. The SMILES string of the molecule is NC(=O)c1c(NC(=O)C2CCCN(S(=O)(=O)c3ccc(Cl)s3)C2)sc2c1CCCC2. The van der Waals surface area contributed by atoms with Crippen molar-refractivity contribution in [3.63, 3.8) is 0 Å². The van der Waals surface area contributed by atoms with Crippen molar-refractivity contribution in [1.82, 2.24) is 4.31 Å². The number of hydrogen-bond donors (Lipinski definition) is 2. The number of nitrogens with two attached hydrogens (primary N) is 1. The molecule has 30 heavy (non-hydrogen) atoms. The van der Waals surface area contributed by atoms with E-state index in [9.17, 15) is 18.0 Å². The lowest BCUT2D eigenvalue weighted by Crippen LogP contribution is -2.43. The first kappa shape index (κ1) is 21.8. The molecule has 0 radical (unpaired) electrons. The van der Waals surface area contributed by atoms with Crippen LogP contribution < -0.4 is 11.1 Å². The van der Waals surface area contributed by atoms with Gasteiger partial charge in [-0.25, -0.2) is 8.42 Å². The second-order valence-corrected chi connectivity index (χ2v) is 12.5. The highest BCUT2D eigenvalue weighted by Crippen LogP contribution is 2.38. The van der Waals surface area contributed by atoms with Crippen molar-refractivity contribution in [2.75, 3.05) is 18.4 Å². The molecule has 2 amide bonds. The van der Waals surface area contributed by atoms with Crippen LogP contribution in [-0.2, 0) is 27.7 Å². The number of piperidine rings is 1. The summed E-state index contributed by atoms with van der Waals surface area (Å²) in [6.45, 7) is 0.460. The minimum atomic E-state index is -3.69. The van der Waals surface area contributed by atoms with E-state index in [0.717, 1.165) is 47.5 Å². The maximum Gasteiger partial charge on any atom is 0.252 e. The summed E-state index contributed by atoms with van der Waals surface area (Å²) in [5, 5.41) is 3.36. The first-order valence-electron chi connectivity index (χ1n) is 9.78. The lowest BCUT2D eigenvalue weighted by atomic mass is 9.95. The van der Waals surface area contributed by atoms with E-state index in [1.807, 2.05) is 0 Å². The molecule has 2 aliphatic rings. The molecule has 0 saturated carbocycles. The maximum atomic E-state index is 13.0. The van der Waals surface area contributed by atoms with Gasteiger partial charge in [-0.2, -0.15) is 4.31 Å². The Morgan fingerprint density at radius 3 is 2.63 bits per heavy atom. The number of aryl methyl sites for hydroxylation is 1. The van der Waals surface area contributed by atoms with Gasteiger partial charge in [-0.05, 0) is 56.2 Å². The molecule has 0 spiro atoms. The van der Waals surface area contributed by atoms with Gasteiger partial charge in [-0.3, -0.25) is 9.59 Å². The fourth-order valence-corrected chi connectivity index (χ4v) is 8.53. The third-order valence-corrected chi connectivity index (χ3v) is 10.3. The number of sulfonamides is 1. The van der Waals surface area contributed by atoms with Crippen LogP contribution >= 0.6 is 34.3 Å². The van der Waals surface area contributed by atoms with Crippen LogP contribution in [0.3, 0.4) is 0 Å². The van der Waals surface area contributed by atoms with E-state index >= 15 is 0 Å². The Bertz CT molecular complexity index is 1090. The predicted molar refractivity (Wildman–Crippen MR) is 119 cm³/mol. The Hall–Kier alpha value is -1.46. The smallest absolute Gasteiger partial charge is 0.252 e. The summed E-state index contributed by atoms with van der Waals surface area (Å²) in [6.07, 6.45) is 4.90. The molecule has 3 N–H and O–H groups in total. The van der Waals surface area contributed by atoms with Crippen LogP contribution in [0.2, 0.25) is 4.34 Å². The Morgan fingerprint density at radius 2 is 1.93 bits per heavy atom. The fraction of sp³-hybridized carbons (Fsp3) is 0.474. The second kappa shape index (κ2) is 8.58. The molecule has 2 aromatic rings. The van der Waals surface area contributed by atoms with E-state index in [0.29, 0.717) is 34.3 Å². The number of nitrogens with one attached hydrogen (secondary N) is 1. The number of carbonyl (C=O) groups is 2. The molecule has 0 aromatic carbocycles. The molecule has 4 rings (SSSR count). The molecule has 2 aromatic heterocycles. The van der Waals surface area contributed by atoms with Gasteiger partial charge in [0.05, 0.1) is 15.8 Å². The minimum Gasteiger partial charge on any atom is -0.365 e. The maximum absolute atomic E-state index is 13.0. The highest BCUT2D eigenvalue weighted by atomic mass is 35.5. The molecule has 1 fully saturated rings. The first-order chi connectivity index (χ1) is 14.3. The molecule has 1 atom stereocenters. The zero-order chi connectivity index (χ0) is 21.5. The summed E-state index contributed by atoms with van der Waals surface area (Å²) in [7, 11) is -3.69. The van der Waals surface area contributed by atoms with Gasteiger partial charge in [0, 0.05) is 18.0 Å². The number of amides is 2. The van der Waals surface area contributed by atoms with Crippen LogP contribution in [0.4, 0.5) is 5.00 Å². The normalized spacial score (nSPS) is 20.0. The lowest BCUT2D eigenvalue weighted by Gasteiger charge is -2.30. The molecule has 7 nitrogen and oxygen atoms in total. The van der Waals surface area contributed by atoms with Gasteiger partial charge in [-0.15, -0.1) is 22.7 Å². The van der Waals surface area contributed by atoms with Gasteiger partial charge >= 0.3 is 0 Å². The number of hydrogen-bond acceptors (Lipinski definition) is 6. The molecule has 1 aliphatic carbocycles. The van der Waals surface area contributed by atoms with E-state index in [4.69, 9.17) is 17.3 Å². The van der Waals surface area contributed by atoms with Crippen LogP contribution in [0.1, 0.15) is 46.5 Å². The van der Waals surface area contributed by atoms with Crippen molar-refractivity contribution < 1.29 is 18.0 Å². The molecule has 11 heteroatoms. The Labute approximate surface area is 188 Å². The summed E-state index contributed by atoms with van der Waals surface area (Å²) in [4.78, 5) is 26.1. The van der Waals surface area contributed by atoms with Gasteiger partial charge < -0.3 is 11.1 Å². The van der Waals surface area contributed by atoms with E-state index in [1.165, 1.54) is 21.7 Å². The zero-order valence-corrected chi connectivity index (χ0v) is 19.4. The molecular weight excluding hydrogens is 466 g/mol. The number of primary amides is 1. The lowest BCUT2D eigenvalue weighted by molar-refractivity contribution is -0.120. The van der Waals surface area contributed by atoms with Crippen LogP contribution in [-0.4, -0.2) is 37.6 Å². The van der Waals surface area contributed by atoms with Gasteiger partial charge in [0.1, 0.15) is 9.21 Å². The second-order valence-electron chi connectivity index (χ2n) is 7.53. The predicted octanol–water partition coefficient (Wildman–Crippen LogP) is 3.48. The first-order valence-corrected chi connectivity index (χ1v) is 13.2. The highest BCUT2D eigenvalue weighted by Gasteiger charge is 2.35. The quantitative estimate of drug-likeness (QED) is 0.672. The van der Waals surface area contributed by atoms with E-state index < -0.39 is 21.8 Å². The van der Waals surface area contributed by atoms with Crippen molar-refractivity contribution >= 4 is 61.1 Å². The Kier molecular flexibility index (Phi) is 6.23. The van der Waals surface area contributed by atoms with Crippen molar-refractivity contribution in [1.29, 1.82) is 0 Å². The van der Waals surface area contributed by atoms with E-state index in [2.05, 4.69) is 5.32 Å². The number of carbonyl (C=O) groups excluding carboxylic acids is 2. The van der Waals surface area contributed by atoms with Crippen LogP contribution in [0.5, 0.6) is 0 Å². The van der Waals surface area contributed by atoms with Gasteiger partial charge in [0.2, 0.25) is 5.91 Å². The molecule has 1 aliphatic heterocycles. The Morgan fingerprint density at radius 1 is 1.17 bits per heavy atom. The van der Waals surface area contributed by atoms with E-state index in [1.54, 1.807) is 6.07 Å². The average Bonchev–Trinajstić information content (AvgIpc) is 3.31. The topological polar surface area (TPSA) is 110 Å². The summed E-state index contributed by atoms with van der Waals surface area (Å²) >= 11 is 8.31. The summed E-state index contributed by atoms with van der Waals surface area (Å²) in [5.41, 5.74) is 6.97. The molecule has 0 bridgehead atoms. The number of nitrogens with zero attached hydrogens (tertiary/aromatic N) is 1. The van der Waals surface area contributed by atoms with Crippen LogP contribution in [0.15, 0.2) is 16.3 Å². The standard InChI is InChI=1S/C19H22ClN3O4S3/c20-14-7-8-15(29-14)30(26,27)23-9-3-4-11(10-23)18(25)22-19-16(17(21)24)12-5-1-2-6-13(12)28-19/h7-8,11H,1-6,9-10H2,(H2,21,24)(H,22,25). The summed E-state index contributed by atoms with van der Waals surface area (Å²) < 4.78 is 27.7. The summed E-state index contributed by atoms with van der Waals surface area (Å²) in [6, 6.07) is 3.04. The number of halogens is 1. The van der Waals surface area contributed by atoms with Gasteiger partial charge in [-0.1, -0.05) is 11.6 Å². The largest absolute Gasteiger partial charge is 0.365 e. The van der Waals surface area contributed by atoms with Crippen LogP contribution in [0.25, 0.3) is 0 Å². The van der Waals surface area contributed by atoms with Crippen molar-refractivity contribution in [3.8, 4) is 0 Å². The third-order valence-electron chi connectivity index (χ3n) is 5.55. The molecule has 1 saturated heterocycles. The Balaban J connectivity index is 1.52. The fourth-order valence-electron chi connectivity index (χ4n) is 4.07. The van der Waals surface area contributed by atoms with Crippen molar-refractivity contribution in [2.24, 2.45) is 11.7 Å². The summed E-state index contributed by atoms with van der Waals surface area (Å²) in [5.74, 6) is -1.31. The van der Waals surface area contributed by atoms with Crippen molar-refractivity contribution in [2.45, 2.75) is 42.7 Å². The molecule has 3 heterocycles. The number of thiophene rings is 2. The van der Waals surface area contributed by atoms with Gasteiger partial charge in [0.25, 0.3) is 15.9 Å². The highest BCUT2D eigenvalue weighted by molar-refractivity contribution is 7.91. The average molecular weight is 488 g/mol. The molecule has 1 unspecified atom stereocenters.